The van der Waals surface area contributed by atoms with E-state index in [1.807, 2.05) is 17.5 Å². The molecule has 1 fully saturated rings. The monoisotopic (exact) mass is 297 g/mol. The first-order chi connectivity index (χ1) is 9.65. The summed E-state index contributed by atoms with van der Waals surface area (Å²) in [6, 6.07) is 0.851. The van der Waals surface area contributed by atoms with Crippen LogP contribution in [-0.2, 0) is 4.74 Å². The molecule has 1 aromatic rings. The van der Waals surface area contributed by atoms with Gasteiger partial charge in [-0.15, -0.1) is 11.3 Å². The minimum Gasteiger partial charge on any atom is -0.375 e. The molecule has 20 heavy (non-hydrogen) atoms. The Hall–Kier alpha value is -0.650. The van der Waals surface area contributed by atoms with Gasteiger partial charge in [0.05, 0.1) is 18.8 Å². The highest BCUT2D eigenvalue weighted by Gasteiger charge is 2.27. The van der Waals surface area contributed by atoms with Crippen molar-refractivity contribution in [1.82, 2.24) is 10.3 Å². The van der Waals surface area contributed by atoms with Gasteiger partial charge in [0.25, 0.3) is 0 Å². The van der Waals surface area contributed by atoms with Crippen molar-refractivity contribution >= 4 is 16.5 Å². The second kappa shape index (κ2) is 7.38. The van der Waals surface area contributed by atoms with Crippen LogP contribution in [0.3, 0.4) is 0 Å². The van der Waals surface area contributed by atoms with Crippen LogP contribution in [0.2, 0.25) is 0 Å². The van der Waals surface area contributed by atoms with Crippen molar-refractivity contribution in [2.24, 2.45) is 0 Å². The number of nitrogens with one attached hydrogen (secondary N) is 1. The average molecular weight is 297 g/mol. The van der Waals surface area contributed by atoms with Crippen molar-refractivity contribution in [3.8, 4) is 0 Å². The molecule has 0 spiro atoms. The van der Waals surface area contributed by atoms with Crippen LogP contribution in [-0.4, -0.2) is 36.8 Å². The molecule has 1 aliphatic heterocycles. The van der Waals surface area contributed by atoms with Crippen molar-refractivity contribution in [1.29, 1.82) is 0 Å². The van der Waals surface area contributed by atoms with Gasteiger partial charge in [-0.05, 0) is 33.2 Å². The summed E-state index contributed by atoms with van der Waals surface area (Å²) in [5, 5.41) is 4.67. The van der Waals surface area contributed by atoms with Crippen LogP contribution in [0.5, 0.6) is 0 Å². The normalized spacial score (nSPS) is 24.9. The molecule has 0 radical (unpaired) electrons. The van der Waals surface area contributed by atoms with E-state index in [2.05, 4.69) is 42.9 Å². The molecule has 0 aliphatic carbocycles. The molecular weight excluding hydrogens is 270 g/mol. The minimum absolute atomic E-state index is 0.292. The van der Waals surface area contributed by atoms with Crippen LogP contribution in [0.25, 0.3) is 0 Å². The number of ether oxygens (including phenoxy) is 1. The van der Waals surface area contributed by atoms with Crippen molar-refractivity contribution < 1.29 is 4.74 Å². The second-order valence-corrected chi connectivity index (χ2v) is 6.62. The maximum atomic E-state index is 5.76. The Balaban J connectivity index is 2.06. The lowest BCUT2D eigenvalue weighted by Crippen LogP contribution is -2.48. The molecule has 0 saturated carbocycles. The number of rotatable bonds is 6. The summed E-state index contributed by atoms with van der Waals surface area (Å²) in [5.41, 5.74) is 0. The summed E-state index contributed by atoms with van der Waals surface area (Å²) < 4.78 is 5.76. The number of hydrogen-bond donors (Lipinski definition) is 1. The summed E-state index contributed by atoms with van der Waals surface area (Å²) in [6.07, 6.45) is 4.58. The zero-order valence-corrected chi connectivity index (χ0v) is 13.9. The predicted molar refractivity (Wildman–Crippen MR) is 85.7 cm³/mol. The fourth-order valence-corrected chi connectivity index (χ4v) is 3.51. The van der Waals surface area contributed by atoms with Gasteiger partial charge in [-0.3, -0.25) is 0 Å². The number of hydrogen-bond acceptors (Lipinski definition) is 5. The molecule has 1 aliphatic rings. The molecule has 0 amide bonds. The molecule has 2 rings (SSSR count). The largest absolute Gasteiger partial charge is 0.375 e. The van der Waals surface area contributed by atoms with Gasteiger partial charge in [-0.25, -0.2) is 4.98 Å². The number of anilines is 1. The molecule has 3 unspecified atom stereocenters. The SMILES string of the molecule is CCCNC(C)c1cnc(N2CC(C)OCC2CC)s1. The van der Waals surface area contributed by atoms with Gasteiger partial charge in [-0.1, -0.05) is 13.8 Å². The third kappa shape index (κ3) is 3.71. The van der Waals surface area contributed by atoms with Crippen LogP contribution in [0.4, 0.5) is 5.13 Å². The van der Waals surface area contributed by atoms with Crippen molar-refractivity contribution in [2.45, 2.75) is 58.7 Å². The van der Waals surface area contributed by atoms with Gasteiger partial charge in [0.2, 0.25) is 0 Å². The molecule has 1 aromatic heterocycles. The lowest BCUT2D eigenvalue weighted by Gasteiger charge is -2.38. The Labute approximate surface area is 126 Å². The smallest absolute Gasteiger partial charge is 0.185 e. The number of thiazole rings is 1. The quantitative estimate of drug-likeness (QED) is 0.875. The number of aromatic nitrogens is 1. The topological polar surface area (TPSA) is 37.4 Å². The van der Waals surface area contributed by atoms with E-state index >= 15 is 0 Å². The summed E-state index contributed by atoms with van der Waals surface area (Å²) in [7, 11) is 0. The minimum atomic E-state index is 0.292. The summed E-state index contributed by atoms with van der Waals surface area (Å²) in [4.78, 5) is 8.40. The van der Waals surface area contributed by atoms with E-state index in [0.717, 1.165) is 37.7 Å². The van der Waals surface area contributed by atoms with E-state index in [0.29, 0.717) is 18.2 Å². The number of nitrogens with zero attached hydrogens (tertiary/aromatic N) is 2. The second-order valence-electron chi connectivity index (χ2n) is 5.58. The molecule has 1 N–H and O–H groups in total. The fourth-order valence-electron chi connectivity index (χ4n) is 2.49. The zero-order chi connectivity index (χ0) is 14.5. The van der Waals surface area contributed by atoms with E-state index in [1.54, 1.807) is 0 Å². The van der Waals surface area contributed by atoms with Crippen molar-refractivity contribution in [3.63, 3.8) is 0 Å². The van der Waals surface area contributed by atoms with E-state index in [4.69, 9.17) is 4.74 Å². The van der Waals surface area contributed by atoms with Crippen molar-refractivity contribution in [3.05, 3.63) is 11.1 Å². The lowest BCUT2D eigenvalue weighted by molar-refractivity contribution is 0.0299. The van der Waals surface area contributed by atoms with E-state index in [-0.39, 0.29) is 0 Å². The van der Waals surface area contributed by atoms with Crippen LogP contribution in [0.15, 0.2) is 6.20 Å². The van der Waals surface area contributed by atoms with Gasteiger partial charge in [0.15, 0.2) is 5.13 Å². The van der Waals surface area contributed by atoms with E-state index in [9.17, 15) is 0 Å². The molecule has 114 valence electrons. The van der Waals surface area contributed by atoms with Crippen LogP contribution in [0, 0.1) is 0 Å². The highest BCUT2D eigenvalue weighted by molar-refractivity contribution is 7.15. The molecule has 4 nitrogen and oxygen atoms in total. The summed E-state index contributed by atoms with van der Waals surface area (Å²) in [5.74, 6) is 0. The maximum Gasteiger partial charge on any atom is 0.185 e. The third-order valence-electron chi connectivity index (χ3n) is 3.82. The van der Waals surface area contributed by atoms with Gasteiger partial charge in [-0.2, -0.15) is 0 Å². The predicted octanol–water partition coefficient (Wildman–Crippen LogP) is 3.21. The van der Waals surface area contributed by atoms with E-state index < -0.39 is 0 Å². The molecule has 3 atom stereocenters. The molecule has 5 heteroatoms. The first-order valence-corrected chi connectivity index (χ1v) is 8.54. The Kier molecular flexibility index (Phi) is 5.81. The Morgan fingerprint density at radius 3 is 3.05 bits per heavy atom. The molecule has 1 saturated heterocycles. The maximum absolute atomic E-state index is 5.76. The zero-order valence-electron chi connectivity index (χ0n) is 13.1. The van der Waals surface area contributed by atoms with Gasteiger partial charge < -0.3 is 15.0 Å². The highest BCUT2D eigenvalue weighted by atomic mass is 32.1. The Morgan fingerprint density at radius 1 is 1.55 bits per heavy atom. The Bertz CT molecular complexity index is 410. The average Bonchev–Trinajstić information content (AvgIpc) is 2.94. The third-order valence-corrected chi connectivity index (χ3v) is 5.04. The standard InChI is InChI=1S/C15H27N3OS/c1-5-7-16-12(4)14-8-17-15(20-14)18-9-11(3)19-10-13(18)6-2/h8,11-13,16H,5-7,9-10H2,1-4H3. The van der Waals surface area contributed by atoms with Crippen molar-refractivity contribution in [2.75, 3.05) is 24.6 Å². The van der Waals surface area contributed by atoms with Gasteiger partial charge in [0.1, 0.15) is 0 Å². The fraction of sp³-hybridized carbons (Fsp3) is 0.800. The van der Waals surface area contributed by atoms with Gasteiger partial charge >= 0.3 is 0 Å². The molecule has 0 bridgehead atoms. The summed E-state index contributed by atoms with van der Waals surface area (Å²) in [6.45, 7) is 11.6. The summed E-state index contributed by atoms with van der Waals surface area (Å²) >= 11 is 1.82. The molecule has 0 aromatic carbocycles. The lowest BCUT2D eigenvalue weighted by atomic mass is 10.1. The van der Waals surface area contributed by atoms with Crippen LogP contribution in [0.1, 0.15) is 51.5 Å². The first-order valence-electron chi connectivity index (χ1n) is 7.73. The first kappa shape index (κ1) is 15.7. The van der Waals surface area contributed by atoms with Crippen LogP contribution >= 0.6 is 11.3 Å². The molecular formula is C15H27N3OS. The highest BCUT2D eigenvalue weighted by Crippen LogP contribution is 2.30. The number of morpholine rings is 1. The van der Waals surface area contributed by atoms with Crippen LogP contribution < -0.4 is 10.2 Å². The Morgan fingerprint density at radius 2 is 2.35 bits per heavy atom. The molecule has 2 heterocycles. The van der Waals surface area contributed by atoms with E-state index in [1.165, 1.54) is 4.88 Å². The van der Waals surface area contributed by atoms with Gasteiger partial charge in [0, 0.05) is 23.7 Å².